The summed E-state index contributed by atoms with van der Waals surface area (Å²) in [4.78, 5) is 24.8. The first-order valence-corrected chi connectivity index (χ1v) is 12.3. The minimum atomic E-state index is -0.321. The van der Waals surface area contributed by atoms with Crippen LogP contribution in [0.1, 0.15) is 43.8 Å². The second kappa shape index (κ2) is 9.79. The van der Waals surface area contributed by atoms with Gasteiger partial charge in [0.2, 0.25) is 5.95 Å². The van der Waals surface area contributed by atoms with Gasteiger partial charge in [-0.1, -0.05) is 11.6 Å². The highest BCUT2D eigenvalue weighted by molar-refractivity contribution is 6.32. The maximum absolute atomic E-state index is 11.7. The van der Waals surface area contributed by atoms with Crippen LogP contribution in [0.4, 0.5) is 22.2 Å². The minimum absolute atomic E-state index is 0.321. The number of anilines is 3. The van der Waals surface area contributed by atoms with E-state index in [1.165, 1.54) is 19.1 Å². The molecule has 2 unspecified atom stereocenters. The Morgan fingerprint density at radius 2 is 2.03 bits per heavy atom. The van der Waals surface area contributed by atoms with E-state index in [1.807, 2.05) is 13.0 Å². The first-order chi connectivity index (χ1) is 16.5. The van der Waals surface area contributed by atoms with Crippen LogP contribution >= 0.6 is 11.6 Å². The van der Waals surface area contributed by atoms with E-state index in [0.29, 0.717) is 54.5 Å². The molecule has 34 heavy (non-hydrogen) atoms. The van der Waals surface area contributed by atoms with Crippen LogP contribution in [0.15, 0.2) is 24.7 Å². The van der Waals surface area contributed by atoms with Gasteiger partial charge in [-0.3, -0.25) is 4.68 Å². The third kappa shape index (κ3) is 4.83. The number of aromatic nitrogens is 4. The smallest absolute Gasteiger partial charge is 0.414 e. The van der Waals surface area contributed by atoms with Gasteiger partial charge in [0, 0.05) is 37.9 Å². The first-order valence-electron chi connectivity index (χ1n) is 11.9. The van der Waals surface area contributed by atoms with Crippen molar-refractivity contribution in [1.82, 2.24) is 29.5 Å². The Labute approximate surface area is 204 Å². The number of halogens is 1. The van der Waals surface area contributed by atoms with Crippen LogP contribution in [0.5, 0.6) is 0 Å². The number of cyclic esters (lactones) is 1. The van der Waals surface area contributed by atoms with Gasteiger partial charge in [0.05, 0.1) is 29.9 Å². The fraction of sp³-hybridized carbons (Fsp3) is 0.565. The number of piperidine rings is 1. The van der Waals surface area contributed by atoms with Crippen molar-refractivity contribution in [2.24, 2.45) is 0 Å². The molecule has 1 amide bonds. The molecule has 0 spiro atoms. The SMILES string of the molecule is Cc1nn(C2CC3CCC(C2)N3C)cc1Nc1ncc(Cl)c(NCCCN2CC=COC2=O)n1. The molecule has 2 atom stereocenters. The number of amides is 1. The maximum atomic E-state index is 11.7. The summed E-state index contributed by atoms with van der Waals surface area (Å²) in [5.41, 5.74) is 1.82. The Bertz CT molecular complexity index is 1060. The molecule has 5 heterocycles. The molecule has 2 N–H and O–H groups in total. The molecule has 10 nitrogen and oxygen atoms in total. The zero-order valence-corrected chi connectivity index (χ0v) is 20.3. The van der Waals surface area contributed by atoms with Crippen molar-refractivity contribution in [2.75, 3.05) is 37.3 Å². The lowest BCUT2D eigenvalue weighted by Gasteiger charge is -2.36. The van der Waals surface area contributed by atoms with Crippen LogP contribution in [-0.2, 0) is 4.74 Å². The van der Waals surface area contributed by atoms with E-state index in [0.717, 1.165) is 30.6 Å². The average Bonchev–Trinajstić information content (AvgIpc) is 3.26. The van der Waals surface area contributed by atoms with Crippen molar-refractivity contribution in [1.29, 1.82) is 0 Å². The molecule has 2 fully saturated rings. The molecule has 0 aliphatic carbocycles. The topological polar surface area (TPSA) is 100 Å². The summed E-state index contributed by atoms with van der Waals surface area (Å²) in [7, 11) is 2.25. The summed E-state index contributed by atoms with van der Waals surface area (Å²) >= 11 is 6.30. The van der Waals surface area contributed by atoms with Gasteiger partial charge >= 0.3 is 6.09 Å². The molecular weight excluding hydrogens is 456 g/mol. The molecule has 11 heteroatoms. The summed E-state index contributed by atoms with van der Waals surface area (Å²) in [5, 5.41) is 11.8. The molecule has 2 bridgehead atoms. The van der Waals surface area contributed by atoms with Gasteiger partial charge in [-0.05, 0) is 52.2 Å². The van der Waals surface area contributed by atoms with E-state index < -0.39 is 0 Å². The van der Waals surface area contributed by atoms with Crippen molar-refractivity contribution in [3.05, 3.63) is 35.4 Å². The molecule has 2 saturated heterocycles. The molecule has 3 aliphatic rings. The zero-order valence-electron chi connectivity index (χ0n) is 19.6. The van der Waals surface area contributed by atoms with Gasteiger partial charge in [0.1, 0.15) is 10.8 Å². The molecule has 5 rings (SSSR count). The summed E-state index contributed by atoms with van der Waals surface area (Å²) in [6.07, 6.45) is 12.2. The largest absolute Gasteiger partial charge is 0.418 e. The lowest BCUT2D eigenvalue weighted by molar-refractivity contribution is 0.131. The number of hydrogen-bond donors (Lipinski definition) is 2. The van der Waals surface area contributed by atoms with E-state index in [1.54, 1.807) is 11.1 Å². The molecule has 0 saturated carbocycles. The van der Waals surface area contributed by atoms with E-state index >= 15 is 0 Å². The number of hydrogen-bond acceptors (Lipinski definition) is 8. The van der Waals surface area contributed by atoms with Crippen LogP contribution in [0.2, 0.25) is 5.02 Å². The number of aryl methyl sites for hydroxylation is 1. The van der Waals surface area contributed by atoms with Crippen molar-refractivity contribution >= 4 is 35.1 Å². The molecular formula is C23H31ClN8O2. The second-order valence-corrected chi connectivity index (χ2v) is 9.69. The van der Waals surface area contributed by atoms with Crippen LogP contribution in [0, 0.1) is 6.92 Å². The number of rotatable bonds is 8. The highest BCUT2D eigenvalue weighted by atomic mass is 35.5. The number of nitrogens with one attached hydrogen (secondary N) is 2. The minimum Gasteiger partial charge on any atom is -0.418 e. The van der Waals surface area contributed by atoms with E-state index in [2.05, 4.69) is 43.4 Å². The fourth-order valence-electron chi connectivity index (χ4n) is 5.15. The van der Waals surface area contributed by atoms with Gasteiger partial charge in [0.25, 0.3) is 0 Å². The Kier molecular flexibility index (Phi) is 6.60. The lowest BCUT2D eigenvalue weighted by Crippen LogP contribution is -2.40. The van der Waals surface area contributed by atoms with Crippen molar-refractivity contribution in [3.63, 3.8) is 0 Å². The molecule has 3 aliphatic heterocycles. The number of nitrogens with zero attached hydrogens (tertiary/aromatic N) is 6. The first kappa shape index (κ1) is 22.9. The quantitative estimate of drug-likeness (QED) is 0.541. The van der Waals surface area contributed by atoms with Gasteiger partial charge in [-0.25, -0.2) is 9.78 Å². The summed E-state index contributed by atoms with van der Waals surface area (Å²) in [5.74, 6) is 1.01. The van der Waals surface area contributed by atoms with Crippen molar-refractivity contribution in [2.45, 2.75) is 57.2 Å². The van der Waals surface area contributed by atoms with Gasteiger partial charge in [0.15, 0.2) is 0 Å². The summed E-state index contributed by atoms with van der Waals surface area (Å²) < 4.78 is 7.01. The fourth-order valence-corrected chi connectivity index (χ4v) is 5.30. The predicted molar refractivity (Wildman–Crippen MR) is 130 cm³/mol. The van der Waals surface area contributed by atoms with Gasteiger partial charge in [-0.2, -0.15) is 10.1 Å². The second-order valence-electron chi connectivity index (χ2n) is 9.28. The van der Waals surface area contributed by atoms with E-state index in [-0.39, 0.29) is 6.09 Å². The number of ether oxygens (including phenoxy) is 1. The Hall–Kier alpha value is -2.85. The van der Waals surface area contributed by atoms with Crippen LogP contribution in [0.25, 0.3) is 0 Å². The summed E-state index contributed by atoms with van der Waals surface area (Å²) in [6, 6.07) is 1.75. The highest BCUT2D eigenvalue weighted by Crippen LogP contribution is 2.40. The van der Waals surface area contributed by atoms with Crippen molar-refractivity contribution < 1.29 is 9.53 Å². The number of fused-ring (bicyclic) bond motifs is 2. The third-order valence-corrected chi connectivity index (χ3v) is 7.38. The van der Waals surface area contributed by atoms with E-state index in [4.69, 9.17) is 21.4 Å². The van der Waals surface area contributed by atoms with Gasteiger partial charge < -0.3 is 25.2 Å². The summed E-state index contributed by atoms with van der Waals surface area (Å²) in [6.45, 7) is 3.76. The molecule has 0 radical (unpaired) electrons. The Morgan fingerprint density at radius 3 is 2.79 bits per heavy atom. The van der Waals surface area contributed by atoms with Crippen LogP contribution < -0.4 is 10.6 Å². The third-order valence-electron chi connectivity index (χ3n) is 7.10. The van der Waals surface area contributed by atoms with Crippen molar-refractivity contribution in [3.8, 4) is 0 Å². The standard InChI is InChI=1S/C23H31ClN8O2/c1-15-20(14-32(29-15)18-11-16-5-6-17(12-18)30(16)2)27-22-26-13-19(24)21(28-22)25-7-3-8-31-9-4-10-34-23(31)33/h4,10,13-14,16-18H,3,5-9,11-12H2,1-2H3,(H2,25,26,27,28). The normalized spacial score (nSPS) is 24.4. The zero-order chi connectivity index (χ0) is 23.7. The Balaban J connectivity index is 1.18. The number of carbonyl (C=O) groups is 1. The van der Waals surface area contributed by atoms with E-state index in [9.17, 15) is 4.79 Å². The molecule has 182 valence electrons. The van der Waals surface area contributed by atoms with Crippen LogP contribution in [0.3, 0.4) is 0 Å². The van der Waals surface area contributed by atoms with Gasteiger partial charge in [-0.15, -0.1) is 0 Å². The molecule has 2 aromatic heterocycles. The number of carbonyl (C=O) groups excluding carboxylic acids is 1. The molecule has 2 aromatic rings. The van der Waals surface area contributed by atoms with Crippen LogP contribution in [-0.4, -0.2) is 74.4 Å². The monoisotopic (exact) mass is 486 g/mol. The average molecular weight is 487 g/mol. The predicted octanol–water partition coefficient (Wildman–Crippen LogP) is 3.94. The highest BCUT2D eigenvalue weighted by Gasteiger charge is 2.39. The Morgan fingerprint density at radius 1 is 1.24 bits per heavy atom. The lowest BCUT2D eigenvalue weighted by atomic mass is 9.98. The maximum Gasteiger partial charge on any atom is 0.414 e. The molecule has 0 aromatic carbocycles.